The summed E-state index contributed by atoms with van der Waals surface area (Å²) in [4.78, 5) is 11.9. The minimum Gasteiger partial charge on any atom is -0.464 e. The Bertz CT molecular complexity index is 278. The Morgan fingerprint density at radius 1 is 0.680 bits per heavy atom. The quantitative estimate of drug-likeness (QED) is 0.188. The smallest absolute Gasteiger partial charge is 0.335 e. The number of carbonyl (C=O) groups is 1. The number of carbonyl (C=O) groups excluding carboxylic acids is 1. The van der Waals surface area contributed by atoms with Crippen molar-refractivity contribution in [2.75, 3.05) is 13.2 Å². The van der Waals surface area contributed by atoms with Crippen LogP contribution in [0.3, 0.4) is 0 Å². The van der Waals surface area contributed by atoms with Crippen molar-refractivity contribution in [1.82, 2.24) is 0 Å². The summed E-state index contributed by atoms with van der Waals surface area (Å²) in [5, 5.41) is 0. The van der Waals surface area contributed by atoms with Crippen LogP contribution < -0.4 is 0 Å². The molecule has 3 heteroatoms. The average molecular weight is 357 g/mol. The predicted molar refractivity (Wildman–Crippen MR) is 107 cm³/mol. The van der Waals surface area contributed by atoms with Crippen LogP contribution in [0.4, 0.5) is 0 Å². The van der Waals surface area contributed by atoms with Crippen molar-refractivity contribution < 1.29 is 14.3 Å². The summed E-state index contributed by atoms with van der Waals surface area (Å²) in [5.74, 6) is -0.179. The molecule has 0 amide bonds. The van der Waals surface area contributed by atoms with E-state index in [2.05, 4.69) is 13.8 Å². The Balaban J connectivity index is 3.55. The number of rotatable bonds is 19. The maximum absolute atomic E-state index is 11.9. The van der Waals surface area contributed by atoms with Gasteiger partial charge in [-0.15, -0.1) is 0 Å². The molecule has 0 bridgehead atoms. The second-order valence-electron chi connectivity index (χ2n) is 7.14. The van der Waals surface area contributed by atoms with Crippen molar-refractivity contribution in [1.29, 1.82) is 0 Å². The van der Waals surface area contributed by atoms with Gasteiger partial charge in [-0.05, 0) is 19.8 Å². The summed E-state index contributed by atoms with van der Waals surface area (Å²) in [5.41, 5.74) is 0. The van der Waals surface area contributed by atoms with Crippen LogP contribution in [0, 0.1) is 0 Å². The Kier molecular flexibility index (Phi) is 19.3. The fourth-order valence-electron chi connectivity index (χ4n) is 3.05. The highest BCUT2D eigenvalue weighted by Crippen LogP contribution is 2.14. The van der Waals surface area contributed by atoms with Gasteiger partial charge in [0.2, 0.25) is 0 Å². The molecular formula is C22H44O3. The molecule has 0 saturated heterocycles. The first-order chi connectivity index (χ1) is 12.3. The zero-order chi connectivity index (χ0) is 18.6. The fourth-order valence-corrected chi connectivity index (χ4v) is 3.05. The zero-order valence-electron chi connectivity index (χ0n) is 17.3. The van der Waals surface area contributed by atoms with Crippen molar-refractivity contribution >= 4 is 5.97 Å². The summed E-state index contributed by atoms with van der Waals surface area (Å²) in [6.45, 7) is 7.36. The maximum Gasteiger partial charge on any atom is 0.335 e. The van der Waals surface area contributed by atoms with Gasteiger partial charge in [0.15, 0.2) is 6.10 Å². The molecule has 0 fully saturated rings. The van der Waals surface area contributed by atoms with Crippen molar-refractivity contribution in [3.05, 3.63) is 0 Å². The third-order valence-corrected chi connectivity index (χ3v) is 4.69. The molecule has 0 heterocycles. The molecule has 0 saturated carbocycles. The molecule has 0 N–H and O–H groups in total. The van der Waals surface area contributed by atoms with Gasteiger partial charge in [0.1, 0.15) is 0 Å². The number of unbranched alkanes of at least 4 members (excludes halogenated alkanes) is 12. The minimum atomic E-state index is -0.352. The standard InChI is InChI=1S/C22H44O3/c1-4-7-9-10-11-12-13-14-15-16-17-18-19-21(22(23)24-6-3)25-20-8-5-2/h21H,4-20H2,1-3H3. The van der Waals surface area contributed by atoms with Gasteiger partial charge in [-0.25, -0.2) is 4.79 Å². The number of esters is 1. The van der Waals surface area contributed by atoms with Crippen LogP contribution >= 0.6 is 0 Å². The Hall–Kier alpha value is -0.570. The number of hydrogen-bond acceptors (Lipinski definition) is 3. The van der Waals surface area contributed by atoms with Gasteiger partial charge in [-0.2, -0.15) is 0 Å². The van der Waals surface area contributed by atoms with E-state index in [1.54, 1.807) is 0 Å². The molecule has 0 aliphatic rings. The lowest BCUT2D eigenvalue weighted by molar-refractivity contribution is -0.157. The zero-order valence-corrected chi connectivity index (χ0v) is 17.3. The lowest BCUT2D eigenvalue weighted by Gasteiger charge is -2.16. The van der Waals surface area contributed by atoms with E-state index < -0.39 is 0 Å². The highest BCUT2D eigenvalue weighted by Gasteiger charge is 2.19. The molecule has 0 rings (SSSR count). The third kappa shape index (κ3) is 16.6. The van der Waals surface area contributed by atoms with Gasteiger partial charge in [0.25, 0.3) is 0 Å². The largest absolute Gasteiger partial charge is 0.464 e. The fraction of sp³-hybridized carbons (Fsp3) is 0.955. The third-order valence-electron chi connectivity index (χ3n) is 4.69. The summed E-state index contributed by atoms with van der Waals surface area (Å²) < 4.78 is 10.9. The molecule has 150 valence electrons. The van der Waals surface area contributed by atoms with Crippen LogP contribution in [0.1, 0.15) is 117 Å². The van der Waals surface area contributed by atoms with Crippen LogP contribution in [0.15, 0.2) is 0 Å². The summed E-state index contributed by atoms with van der Waals surface area (Å²) >= 11 is 0. The van der Waals surface area contributed by atoms with Gasteiger partial charge in [0, 0.05) is 6.61 Å². The SMILES string of the molecule is CCCCCCCCCCCCCCC(OCCCC)C(=O)OCC. The van der Waals surface area contributed by atoms with E-state index in [0.717, 1.165) is 25.7 Å². The summed E-state index contributed by atoms with van der Waals surface area (Å²) in [7, 11) is 0. The van der Waals surface area contributed by atoms with Crippen LogP contribution in [0.5, 0.6) is 0 Å². The van der Waals surface area contributed by atoms with E-state index in [-0.39, 0.29) is 12.1 Å². The van der Waals surface area contributed by atoms with Crippen LogP contribution in [0.2, 0.25) is 0 Å². The highest BCUT2D eigenvalue weighted by molar-refractivity contribution is 5.74. The summed E-state index contributed by atoms with van der Waals surface area (Å²) in [6, 6.07) is 0. The van der Waals surface area contributed by atoms with E-state index in [0.29, 0.717) is 13.2 Å². The second-order valence-corrected chi connectivity index (χ2v) is 7.14. The molecule has 25 heavy (non-hydrogen) atoms. The molecule has 0 aromatic rings. The van der Waals surface area contributed by atoms with Crippen LogP contribution in [0.25, 0.3) is 0 Å². The lowest BCUT2D eigenvalue weighted by Crippen LogP contribution is -2.27. The van der Waals surface area contributed by atoms with Gasteiger partial charge < -0.3 is 9.47 Å². The molecular weight excluding hydrogens is 312 g/mol. The second kappa shape index (κ2) is 19.8. The number of ether oxygens (including phenoxy) is 2. The Morgan fingerprint density at radius 3 is 1.64 bits per heavy atom. The topological polar surface area (TPSA) is 35.5 Å². The molecule has 0 spiro atoms. The Morgan fingerprint density at radius 2 is 1.16 bits per heavy atom. The predicted octanol–water partition coefficient (Wildman–Crippen LogP) is 6.83. The molecule has 0 aromatic heterocycles. The van der Waals surface area contributed by atoms with Crippen molar-refractivity contribution in [2.24, 2.45) is 0 Å². The average Bonchev–Trinajstić information content (AvgIpc) is 2.61. The first-order valence-corrected chi connectivity index (χ1v) is 11.0. The maximum atomic E-state index is 11.9. The van der Waals surface area contributed by atoms with Crippen molar-refractivity contribution in [3.8, 4) is 0 Å². The van der Waals surface area contributed by atoms with Crippen molar-refractivity contribution in [2.45, 2.75) is 123 Å². The lowest BCUT2D eigenvalue weighted by atomic mass is 10.0. The normalized spacial score (nSPS) is 12.3. The first kappa shape index (κ1) is 24.4. The molecule has 0 aliphatic carbocycles. The van der Waals surface area contributed by atoms with E-state index in [4.69, 9.17) is 9.47 Å². The monoisotopic (exact) mass is 356 g/mol. The van der Waals surface area contributed by atoms with Crippen LogP contribution in [-0.2, 0) is 14.3 Å². The molecule has 1 atom stereocenters. The van der Waals surface area contributed by atoms with Gasteiger partial charge in [-0.1, -0.05) is 97.3 Å². The summed E-state index contributed by atoms with van der Waals surface area (Å²) in [6.07, 6.45) is 18.6. The van der Waals surface area contributed by atoms with Crippen molar-refractivity contribution in [3.63, 3.8) is 0 Å². The van der Waals surface area contributed by atoms with Gasteiger partial charge in [-0.3, -0.25) is 0 Å². The Labute approximate surface area is 157 Å². The number of hydrogen-bond donors (Lipinski definition) is 0. The molecule has 0 radical (unpaired) electrons. The van der Waals surface area contributed by atoms with E-state index in [1.165, 1.54) is 70.6 Å². The van der Waals surface area contributed by atoms with E-state index in [1.807, 2.05) is 6.92 Å². The van der Waals surface area contributed by atoms with Gasteiger partial charge in [0.05, 0.1) is 6.61 Å². The molecule has 0 aromatic carbocycles. The molecule has 1 unspecified atom stereocenters. The first-order valence-electron chi connectivity index (χ1n) is 11.0. The van der Waals surface area contributed by atoms with Gasteiger partial charge >= 0.3 is 5.97 Å². The van der Waals surface area contributed by atoms with E-state index >= 15 is 0 Å². The molecule has 0 aliphatic heterocycles. The minimum absolute atomic E-state index is 0.179. The highest BCUT2D eigenvalue weighted by atomic mass is 16.6. The van der Waals surface area contributed by atoms with E-state index in [9.17, 15) is 4.79 Å². The van der Waals surface area contributed by atoms with Crippen LogP contribution in [-0.4, -0.2) is 25.3 Å². The molecule has 3 nitrogen and oxygen atoms in total.